The molecule has 0 radical (unpaired) electrons. The van der Waals surface area contributed by atoms with Crippen molar-refractivity contribution in [1.82, 2.24) is 9.97 Å². The molecule has 1 aliphatic rings. The van der Waals surface area contributed by atoms with E-state index < -0.39 is 0 Å². The Kier molecular flexibility index (Phi) is 3.17. The molecule has 21 heavy (non-hydrogen) atoms. The van der Waals surface area contributed by atoms with Gasteiger partial charge in [-0.15, -0.1) is 0 Å². The van der Waals surface area contributed by atoms with Crippen molar-refractivity contribution in [2.24, 2.45) is 5.92 Å². The molecule has 4 rings (SSSR count). The second kappa shape index (κ2) is 5.31. The van der Waals surface area contributed by atoms with Crippen molar-refractivity contribution in [2.45, 2.75) is 6.42 Å². The third-order valence-electron chi connectivity index (χ3n) is 3.67. The molecule has 1 saturated heterocycles. The quantitative estimate of drug-likeness (QED) is 0.743. The van der Waals surface area contributed by atoms with Crippen molar-refractivity contribution in [3.05, 3.63) is 30.6 Å². The first kappa shape index (κ1) is 12.6. The van der Waals surface area contributed by atoms with E-state index in [1.807, 2.05) is 24.3 Å². The van der Waals surface area contributed by atoms with Gasteiger partial charge in [-0.3, -0.25) is 4.84 Å². The molecule has 1 aliphatic heterocycles. The zero-order valence-corrected chi connectivity index (χ0v) is 11.4. The van der Waals surface area contributed by atoms with Crippen molar-refractivity contribution in [3.8, 4) is 0 Å². The van der Waals surface area contributed by atoms with Crippen LogP contribution in [-0.2, 0) is 9.57 Å². The summed E-state index contributed by atoms with van der Waals surface area (Å²) >= 11 is 0. The number of fused-ring (bicyclic) bond motifs is 3. The van der Waals surface area contributed by atoms with E-state index in [2.05, 4.69) is 15.4 Å². The third kappa shape index (κ3) is 2.32. The highest BCUT2D eigenvalue weighted by Crippen LogP contribution is 2.30. The van der Waals surface area contributed by atoms with E-state index in [0.29, 0.717) is 23.9 Å². The largest absolute Gasteiger partial charge is 0.450 e. The molecule has 0 aliphatic carbocycles. The van der Waals surface area contributed by atoms with Crippen LogP contribution in [0.15, 0.2) is 35.0 Å². The summed E-state index contributed by atoms with van der Waals surface area (Å²) in [5, 5.41) is 0.974. The predicted octanol–water partition coefficient (Wildman–Crippen LogP) is 2.76. The van der Waals surface area contributed by atoms with Gasteiger partial charge in [0.15, 0.2) is 11.4 Å². The first-order valence-electron chi connectivity index (χ1n) is 6.99. The molecule has 0 saturated carbocycles. The molecule has 3 aromatic rings. The normalized spacial score (nSPS) is 18.6. The van der Waals surface area contributed by atoms with Gasteiger partial charge >= 0.3 is 0 Å². The van der Waals surface area contributed by atoms with Crippen LogP contribution in [0.3, 0.4) is 0 Å². The summed E-state index contributed by atoms with van der Waals surface area (Å²) in [4.78, 5) is 14.0. The van der Waals surface area contributed by atoms with Gasteiger partial charge in [-0.05, 0) is 18.6 Å². The van der Waals surface area contributed by atoms with Crippen LogP contribution in [0.2, 0.25) is 0 Å². The first-order valence-corrected chi connectivity index (χ1v) is 6.99. The number of nitrogens with one attached hydrogen (secondary N) is 1. The first-order chi connectivity index (χ1) is 10.4. The summed E-state index contributed by atoms with van der Waals surface area (Å²) in [7, 11) is 0. The van der Waals surface area contributed by atoms with Crippen LogP contribution in [0.5, 0.6) is 0 Å². The lowest BCUT2D eigenvalue weighted by molar-refractivity contribution is 0.126. The van der Waals surface area contributed by atoms with E-state index in [1.54, 1.807) is 0 Å². The average molecular weight is 285 g/mol. The lowest BCUT2D eigenvalue weighted by Gasteiger charge is -2.09. The van der Waals surface area contributed by atoms with Crippen molar-refractivity contribution >= 4 is 27.9 Å². The van der Waals surface area contributed by atoms with Crippen LogP contribution >= 0.6 is 0 Å². The van der Waals surface area contributed by atoms with E-state index in [1.165, 1.54) is 6.33 Å². The number of furan rings is 1. The number of rotatable bonds is 4. The lowest BCUT2D eigenvalue weighted by Crippen LogP contribution is -2.13. The Hall–Kier alpha value is -2.18. The van der Waals surface area contributed by atoms with Gasteiger partial charge in [-0.2, -0.15) is 0 Å². The van der Waals surface area contributed by atoms with Crippen molar-refractivity contribution < 1.29 is 14.0 Å². The highest BCUT2D eigenvalue weighted by molar-refractivity contribution is 6.05. The lowest BCUT2D eigenvalue weighted by atomic mass is 10.1. The van der Waals surface area contributed by atoms with Gasteiger partial charge in [0.05, 0.1) is 13.2 Å². The maximum Gasteiger partial charge on any atom is 0.198 e. The fraction of sp³-hybridized carbons (Fsp3) is 0.333. The maximum absolute atomic E-state index is 5.81. The van der Waals surface area contributed by atoms with Gasteiger partial charge in [-0.1, -0.05) is 12.1 Å². The van der Waals surface area contributed by atoms with Gasteiger partial charge in [0.25, 0.3) is 0 Å². The molecule has 1 aromatic carbocycles. The van der Waals surface area contributed by atoms with E-state index in [4.69, 9.17) is 14.0 Å². The Morgan fingerprint density at radius 3 is 3.14 bits per heavy atom. The van der Waals surface area contributed by atoms with Crippen LogP contribution in [-0.4, -0.2) is 29.8 Å². The minimum Gasteiger partial charge on any atom is -0.450 e. The Labute approximate surface area is 121 Å². The third-order valence-corrected chi connectivity index (χ3v) is 3.67. The number of para-hydroxylation sites is 1. The zero-order valence-electron chi connectivity index (χ0n) is 11.4. The molecule has 0 amide bonds. The second-order valence-corrected chi connectivity index (χ2v) is 5.14. The summed E-state index contributed by atoms with van der Waals surface area (Å²) in [6.07, 6.45) is 2.54. The zero-order chi connectivity index (χ0) is 14.1. The van der Waals surface area contributed by atoms with Crippen LogP contribution in [0.4, 0.5) is 5.82 Å². The molecule has 6 nitrogen and oxygen atoms in total. The topological polar surface area (TPSA) is 69.4 Å². The monoisotopic (exact) mass is 285 g/mol. The number of anilines is 1. The Morgan fingerprint density at radius 1 is 1.29 bits per heavy atom. The number of benzene rings is 1. The van der Waals surface area contributed by atoms with Gasteiger partial charge in [0.2, 0.25) is 0 Å². The van der Waals surface area contributed by atoms with Crippen LogP contribution in [0.25, 0.3) is 22.1 Å². The van der Waals surface area contributed by atoms with Crippen LogP contribution in [0, 0.1) is 5.92 Å². The number of hydrogen-bond acceptors (Lipinski definition) is 6. The predicted molar refractivity (Wildman–Crippen MR) is 77.8 cm³/mol. The molecule has 6 heteroatoms. The highest BCUT2D eigenvalue weighted by atomic mass is 16.6. The molecule has 1 fully saturated rings. The van der Waals surface area contributed by atoms with E-state index in [9.17, 15) is 0 Å². The summed E-state index contributed by atoms with van der Waals surface area (Å²) in [5.41, 5.74) is 5.07. The van der Waals surface area contributed by atoms with Crippen LogP contribution in [0.1, 0.15) is 6.42 Å². The second-order valence-electron chi connectivity index (χ2n) is 5.14. The molecule has 1 atom stereocenters. The molecule has 0 spiro atoms. The summed E-state index contributed by atoms with van der Waals surface area (Å²) in [6.45, 7) is 2.16. The average Bonchev–Trinajstić information content (AvgIpc) is 3.15. The standard InChI is InChI=1S/C15H15N3O3/c1-2-4-12-11(3-1)13-14(21-12)15(17-9-16-13)18-20-8-10-5-6-19-7-10/h1-4,9-10H,5-8H2,(H,16,17,18). The number of hydrogen-bond donors (Lipinski definition) is 1. The Balaban J connectivity index is 1.59. The fourth-order valence-electron chi connectivity index (χ4n) is 2.54. The van der Waals surface area contributed by atoms with E-state index in [-0.39, 0.29) is 0 Å². The van der Waals surface area contributed by atoms with Gasteiger partial charge in [0, 0.05) is 17.9 Å². The summed E-state index contributed by atoms with van der Waals surface area (Å²) < 4.78 is 11.1. The molecule has 3 heterocycles. The van der Waals surface area contributed by atoms with Gasteiger partial charge < -0.3 is 9.15 Å². The van der Waals surface area contributed by atoms with E-state index in [0.717, 1.165) is 36.1 Å². The SMILES string of the molecule is c1ccc2c(c1)oc1c(NOCC3CCOC3)ncnc12. The van der Waals surface area contributed by atoms with E-state index >= 15 is 0 Å². The minimum atomic E-state index is 0.436. The van der Waals surface area contributed by atoms with Gasteiger partial charge in [-0.25, -0.2) is 15.4 Å². The molecular formula is C15H15N3O3. The van der Waals surface area contributed by atoms with Crippen LogP contribution < -0.4 is 5.48 Å². The molecule has 1 N–H and O–H groups in total. The van der Waals surface area contributed by atoms with Crippen molar-refractivity contribution in [3.63, 3.8) is 0 Å². The molecule has 0 bridgehead atoms. The number of aromatic nitrogens is 2. The molecule has 1 unspecified atom stereocenters. The smallest absolute Gasteiger partial charge is 0.198 e. The van der Waals surface area contributed by atoms with Crippen molar-refractivity contribution in [2.75, 3.05) is 25.3 Å². The fourth-order valence-corrected chi connectivity index (χ4v) is 2.54. The molecule has 108 valence electrons. The molecule has 2 aromatic heterocycles. The number of ether oxygens (including phenoxy) is 1. The Morgan fingerprint density at radius 2 is 2.24 bits per heavy atom. The molecular weight excluding hydrogens is 270 g/mol. The maximum atomic E-state index is 5.81. The van der Waals surface area contributed by atoms with Gasteiger partial charge in [0.1, 0.15) is 17.4 Å². The Bertz CT molecular complexity index is 765. The summed E-state index contributed by atoms with van der Waals surface area (Å²) in [5.74, 6) is 0.987. The minimum absolute atomic E-state index is 0.436. The number of nitrogens with zero attached hydrogens (tertiary/aromatic N) is 2. The highest BCUT2D eigenvalue weighted by Gasteiger charge is 2.17. The van der Waals surface area contributed by atoms with Crippen molar-refractivity contribution in [1.29, 1.82) is 0 Å². The summed E-state index contributed by atoms with van der Waals surface area (Å²) in [6, 6.07) is 7.79.